The summed E-state index contributed by atoms with van der Waals surface area (Å²) in [5, 5.41) is 10.7. The maximum absolute atomic E-state index is 13.0. The van der Waals surface area contributed by atoms with Gasteiger partial charge in [-0.05, 0) is 85.2 Å². The van der Waals surface area contributed by atoms with Gasteiger partial charge in [-0.15, -0.1) is 0 Å². The van der Waals surface area contributed by atoms with Crippen LogP contribution in [0.25, 0.3) is 0 Å². The largest absolute Gasteiger partial charge is 0.393 e. The minimum Gasteiger partial charge on any atom is -0.393 e. The maximum atomic E-state index is 13.0. The van der Waals surface area contributed by atoms with Gasteiger partial charge in [0, 0.05) is 6.20 Å². The van der Waals surface area contributed by atoms with Crippen LogP contribution in [-0.4, -0.2) is 21.9 Å². The predicted molar refractivity (Wildman–Crippen MR) is 125 cm³/mol. The quantitative estimate of drug-likeness (QED) is 0.477. The number of hydrogen-bond donors (Lipinski definition) is 1. The van der Waals surface area contributed by atoms with Gasteiger partial charge >= 0.3 is 5.97 Å². The molecule has 1 heterocycles. The van der Waals surface area contributed by atoms with Gasteiger partial charge < -0.3 is 9.94 Å². The SMILES string of the molecule is CC1=CC[C@H]2[C@@](C)(CC[C@H]3C(C)(C)[C@@H](O)CC[C@]23C)[C@@H]1CC(=O)On1ccccc1=S. The summed E-state index contributed by atoms with van der Waals surface area (Å²) in [5.74, 6) is 0.952. The lowest BCUT2D eigenvalue weighted by atomic mass is 9.39. The molecule has 0 amide bonds. The molecule has 0 spiro atoms. The molecule has 6 atom stereocenters. The van der Waals surface area contributed by atoms with Crippen LogP contribution in [0.1, 0.15) is 73.1 Å². The fourth-order valence-electron chi connectivity index (χ4n) is 7.70. The predicted octanol–water partition coefficient (Wildman–Crippen LogP) is 5.75. The number of carbonyl (C=O) groups is 1. The number of rotatable bonds is 3. The van der Waals surface area contributed by atoms with E-state index in [9.17, 15) is 9.90 Å². The van der Waals surface area contributed by atoms with E-state index >= 15 is 0 Å². The second-order valence-corrected chi connectivity index (χ2v) is 11.7. The average molecular weight is 444 g/mol. The molecule has 1 aromatic heterocycles. The van der Waals surface area contributed by atoms with Crippen molar-refractivity contribution in [3.63, 3.8) is 0 Å². The summed E-state index contributed by atoms with van der Waals surface area (Å²) in [6.07, 6.45) is 9.39. The van der Waals surface area contributed by atoms with Crippen molar-refractivity contribution < 1.29 is 14.7 Å². The van der Waals surface area contributed by atoms with Crippen molar-refractivity contribution in [2.24, 2.45) is 34.0 Å². The van der Waals surface area contributed by atoms with E-state index in [1.54, 1.807) is 12.3 Å². The van der Waals surface area contributed by atoms with Crippen LogP contribution in [0.15, 0.2) is 36.0 Å². The number of hydrogen-bond acceptors (Lipinski definition) is 4. The van der Waals surface area contributed by atoms with Crippen LogP contribution in [0.5, 0.6) is 0 Å². The van der Waals surface area contributed by atoms with Crippen molar-refractivity contribution >= 4 is 18.2 Å². The highest BCUT2D eigenvalue weighted by Gasteiger charge is 2.62. The van der Waals surface area contributed by atoms with Crippen LogP contribution in [0.2, 0.25) is 0 Å². The van der Waals surface area contributed by atoms with E-state index in [0.29, 0.717) is 22.9 Å². The second-order valence-electron chi connectivity index (χ2n) is 11.3. The Hall–Kier alpha value is -1.46. The van der Waals surface area contributed by atoms with Gasteiger partial charge in [0.1, 0.15) is 4.64 Å². The van der Waals surface area contributed by atoms with Crippen LogP contribution in [0.3, 0.4) is 0 Å². The van der Waals surface area contributed by atoms with Gasteiger partial charge in [0.2, 0.25) is 0 Å². The molecule has 4 nitrogen and oxygen atoms in total. The zero-order chi connectivity index (χ0) is 22.6. The molecule has 3 aliphatic carbocycles. The molecule has 0 aromatic carbocycles. The van der Waals surface area contributed by atoms with Crippen molar-refractivity contribution in [3.05, 3.63) is 40.7 Å². The van der Waals surface area contributed by atoms with Crippen LogP contribution in [0, 0.1) is 38.6 Å². The lowest BCUT2D eigenvalue weighted by Gasteiger charge is -2.66. The highest BCUT2D eigenvalue weighted by atomic mass is 32.1. The van der Waals surface area contributed by atoms with E-state index < -0.39 is 0 Å². The lowest BCUT2D eigenvalue weighted by Crippen LogP contribution is -2.60. The first-order valence-electron chi connectivity index (χ1n) is 11.7. The van der Waals surface area contributed by atoms with Gasteiger partial charge in [0.05, 0.1) is 12.5 Å². The third-order valence-electron chi connectivity index (χ3n) is 9.45. The van der Waals surface area contributed by atoms with Gasteiger partial charge in [-0.25, -0.2) is 4.79 Å². The zero-order valence-electron chi connectivity index (χ0n) is 19.6. The number of pyridine rings is 1. The molecule has 0 unspecified atom stereocenters. The van der Waals surface area contributed by atoms with Gasteiger partial charge in [-0.3, -0.25) is 0 Å². The van der Waals surface area contributed by atoms with Crippen LogP contribution < -0.4 is 4.84 Å². The summed E-state index contributed by atoms with van der Waals surface area (Å²) in [4.78, 5) is 18.6. The van der Waals surface area contributed by atoms with E-state index in [1.807, 2.05) is 12.1 Å². The first-order valence-corrected chi connectivity index (χ1v) is 12.1. The number of aliphatic hydroxyl groups excluding tert-OH is 1. The van der Waals surface area contributed by atoms with Crippen LogP contribution >= 0.6 is 12.2 Å². The third-order valence-corrected chi connectivity index (χ3v) is 9.77. The van der Waals surface area contributed by atoms with E-state index in [0.717, 1.165) is 32.1 Å². The van der Waals surface area contributed by atoms with Crippen molar-refractivity contribution in [3.8, 4) is 0 Å². The summed E-state index contributed by atoms with van der Waals surface area (Å²) >= 11 is 5.28. The standard InChI is InChI=1S/C26H37NO3S/c1-17-9-10-20-25(4,13-11-19-24(2,3)21(28)12-14-26(19,20)5)18(17)16-23(29)30-27-15-7-6-8-22(27)31/h6-9,15,18-21,28H,10-14,16H2,1-5H3/t18-,19+,20+,21+,25+,26+/m1/s1. The first kappa shape index (κ1) is 22.7. The number of aromatic nitrogens is 1. The first-order chi connectivity index (χ1) is 14.5. The summed E-state index contributed by atoms with van der Waals surface area (Å²) in [7, 11) is 0. The van der Waals surface area contributed by atoms with Crippen molar-refractivity contribution in [1.82, 2.24) is 4.73 Å². The maximum Gasteiger partial charge on any atom is 0.333 e. The lowest BCUT2D eigenvalue weighted by molar-refractivity contribution is -0.183. The topological polar surface area (TPSA) is 51.5 Å². The molecule has 0 aliphatic heterocycles. The molecular formula is C26H37NO3S. The molecular weight excluding hydrogens is 406 g/mol. The van der Waals surface area contributed by atoms with Gasteiger partial charge in [-0.1, -0.05) is 57.6 Å². The summed E-state index contributed by atoms with van der Waals surface area (Å²) < 4.78 is 1.88. The molecule has 5 heteroatoms. The highest BCUT2D eigenvalue weighted by molar-refractivity contribution is 7.71. The van der Waals surface area contributed by atoms with E-state index in [4.69, 9.17) is 17.1 Å². The monoisotopic (exact) mass is 443 g/mol. The van der Waals surface area contributed by atoms with Gasteiger partial charge in [-0.2, -0.15) is 4.73 Å². The third kappa shape index (κ3) is 3.62. The molecule has 2 fully saturated rings. The van der Waals surface area contributed by atoms with E-state index in [2.05, 4.69) is 40.7 Å². The Morgan fingerprint density at radius 3 is 2.58 bits per heavy atom. The van der Waals surface area contributed by atoms with Crippen molar-refractivity contribution in [2.75, 3.05) is 0 Å². The number of nitrogens with zero attached hydrogens (tertiary/aromatic N) is 1. The van der Waals surface area contributed by atoms with E-state index in [1.165, 1.54) is 10.3 Å². The van der Waals surface area contributed by atoms with Crippen molar-refractivity contribution in [2.45, 2.75) is 79.2 Å². The Morgan fingerprint density at radius 2 is 1.87 bits per heavy atom. The minimum absolute atomic E-state index is 0.0552. The molecule has 0 bridgehead atoms. The van der Waals surface area contributed by atoms with Gasteiger partial charge in [0.15, 0.2) is 0 Å². The molecule has 3 aliphatic rings. The molecule has 1 N–H and O–H groups in total. The van der Waals surface area contributed by atoms with E-state index in [-0.39, 0.29) is 34.2 Å². The van der Waals surface area contributed by atoms with Crippen LogP contribution in [0.4, 0.5) is 0 Å². The smallest absolute Gasteiger partial charge is 0.333 e. The summed E-state index contributed by atoms with van der Waals surface area (Å²) in [6, 6.07) is 5.41. The van der Waals surface area contributed by atoms with Gasteiger partial charge in [0.25, 0.3) is 0 Å². The molecule has 0 saturated heterocycles. The normalized spacial score (nSPS) is 39.1. The Morgan fingerprint density at radius 1 is 1.16 bits per heavy atom. The molecule has 4 rings (SSSR count). The highest BCUT2D eigenvalue weighted by Crippen LogP contribution is 2.68. The Bertz CT molecular complexity index is 950. The molecule has 170 valence electrons. The number of carbonyl (C=O) groups excluding carboxylic acids is 1. The Balaban J connectivity index is 1.61. The average Bonchev–Trinajstić information content (AvgIpc) is 2.69. The number of aliphatic hydroxyl groups is 1. The number of fused-ring (bicyclic) bond motifs is 3. The Kier molecular flexibility index (Phi) is 5.75. The summed E-state index contributed by atoms with van der Waals surface area (Å²) in [6.45, 7) is 11.5. The van der Waals surface area contributed by atoms with Crippen molar-refractivity contribution in [1.29, 1.82) is 0 Å². The number of allylic oxidation sites excluding steroid dienone is 2. The molecule has 31 heavy (non-hydrogen) atoms. The summed E-state index contributed by atoms with van der Waals surface area (Å²) in [5.41, 5.74) is 1.48. The molecule has 2 saturated carbocycles. The second kappa shape index (κ2) is 7.84. The fraction of sp³-hybridized carbons (Fsp3) is 0.692. The minimum atomic E-state index is -0.228. The molecule has 0 radical (unpaired) electrons. The zero-order valence-corrected chi connectivity index (χ0v) is 20.4. The Labute approximate surface area is 191 Å². The fourth-order valence-corrected chi connectivity index (χ4v) is 7.87. The molecule has 1 aromatic rings. The van der Waals surface area contributed by atoms with Crippen LogP contribution in [-0.2, 0) is 4.79 Å².